The Labute approximate surface area is 111 Å². The van der Waals surface area contributed by atoms with Crippen LogP contribution in [0.15, 0.2) is 18.2 Å². The molecule has 1 aromatic carbocycles. The van der Waals surface area contributed by atoms with Crippen LogP contribution in [0.5, 0.6) is 0 Å². The van der Waals surface area contributed by atoms with E-state index < -0.39 is 17.7 Å². The van der Waals surface area contributed by atoms with E-state index in [1.165, 1.54) is 12.1 Å². The number of nitrogens with one attached hydrogen (secondary N) is 1. The number of amides is 1. The molecule has 1 aromatic rings. The number of hydrogen-bond acceptors (Lipinski definition) is 2. The molecule has 0 saturated heterocycles. The first kappa shape index (κ1) is 15.1. The molecule has 0 heterocycles. The second-order valence-corrected chi connectivity index (χ2v) is 4.57. The number of carboxylic acids is 1. The van der Waals surface area contributed by atoms with Crippen molar-refractivity contribution >= 4 is 11.9 Å². The Kier molecular flexibility index (Phi) is 5.48. The Morgan fingerprint density at radius 2 is 2.11 bits per heavy atom. The zero-order valence-corrected chi connectivity index (χ0v) is 11.1. The summed E-state index contributed by atoms with van der Waals surface area (Å²) in [4.78, 5) is 22.4. The van der Waals surface area contributed by atoms with Gasteiger partial charge in [0.05, 0.1) is 5.56 Å². The Bertz CT molecular complexity index is 474. The molecule has 2 N–H and O–H groups in total. The van der Waals surface area contributed by atoms with E-state index in [-0.39, 0.29) is 24.4 Å². The summed E-state index contributed by atoms with van der Waals surface area (Å²) in [6, 6.07) is 4.31. The zero-order valence-electron chi connectivity index (χ0n) is 11.1. The molecule has 5 heteroatoms. The van der Waals surface area contributed by atoms with Crippen molar-refractivity contribution in [2.75, 3.05) is 6.54 Å². The summed E-state index contributed by atoms with van der Waals surface area (Å²) < 4.78 is 13.5. The van der Waals surface area contributed by atoms with E-state index in [4.69, 9.17) is 5.11 Å². The van der Waals surface area contributed by atoms with Crippen molar-refractivity contribution in [3.8, 4) is 0 Å². The lowest BCUT2D eigenvalue weighted by Crippen LogP contribution is -2.30. The van der Waals surface area contributed by atoms with Crippen LogP contribution in [0.3, 0.4) is 0 Å². The highest BCUT2D eigenvalue weighted by Crippen LogP contribution is 2.11. The third kappa shape index (κ3) is 4.69. The van der Waals surface area contributed by atoms with Crippen LogP contribution in [0, 0.1) is 18.7 Å². The van der Waals surface area contributed by atoms with Crippen LogP contribution in [0.1, 0.15) is 35.7 Å². The second kappa shape index (κ2) is 6.87. The van der Waals surface area contributed by atoms with Crippen molar-refractivity contribution in [2.24, 2.45) is 5.92 Å². The number of carbonyl (C=O) groups excluding carboxylic acids is 1. The molecule has 0 fully saturated rings. The van der Waals surface area contributed by atoms with Crippen LogP contribution in [0.25, 0.3) is 0 Å². The molecule has 1 amide bonds. The Balaban J connectivity index is 2.64. The van der Waals surface area contributed by atoms with Gasteiger partial charge in [0.1, 0.15) is 5.82 Å². The van der Waals surface area contributed by atoms with Gasteiger partial charge in [0, 0.05) is 13.0 Å². The predicted octanol–water partition coefficient (Wildman–Crippen LogP) is 2.36. The number of aryl methyl sites for hydroxylation is 1. The highest BCUT2D eigenvalue weighted by atomic mass is 19.1. The first-order valence-electron chi connectivity index (χ1n) is 6.20. The summed E-state index contributed by atoms with van der Waals surface area (Å²) in [6.45, 7) is 3.86. The average molecular weight is 267 g/mol. The van der Waals surface area contributed by atoms with Crippen molar-refractivity contribution in [1.82, 2.24) is 5.32 Å². The largest absolute Gasteiger partial charge is 0.481 e. The maximum Gasteiger partial charge on any atom is 0.303 e. The number of halogens is 1. The highest BCUT2D eigenvalue weighted by molar-refractivity contribution is 5.94. The van der Waals surface area contributed by atoms with E-state index in [1.54, 1.807) is 13.0 Å². The highest BCUT2D eigenvalue weighted by Gasteiger charge is 2.15. The minimum Gasteiger partial charge on any atom is -0.481 e. The molecule has 19 heavy (non-hydrogen) atoms. The molecule has 0 aromatic heterocycles. The molecule has 104 valence electrons. The van der Waals surface area contributed by atoms with Crippen LogP contribution in [0.2, 0.25) is 0 Å². The number of hydrogen-bond donors (Lipinski definition) is 2. The fraction of sp³-hybridized carbons (Fsp3) is 0.429. The van der Waals surface area contributed by atoms with Crippen LogP contribution in [0.4, 0.5) is 4.39 Å². The van der Waals surface area contributed by atoms with E-state index in [2.05, 4.69) is 5.32 Å². The molecule has 1 unspecified atom stereocenters. The summed E-state index contributed by atoms with van der Waals surface area (Å²) in [6.07, 6.45) is 0.635. The number of benzene rings is 1. The molecule has 0 saturated carbocycles. The van der Waals surface area contributed by atoms with Crippen LogP contribution in [-0.4, -0.2) is 23.5 Å². The van der Waals surface area contributed by atoms with Crippen molar-refractivity contribution < 1.29 is 19.1 Å². The molecular formula is C14H18FNO3. The topological polar surface area (TPSA) is 66.4 Å². The summed E-state index contributed by atoms with van der Waals surface area (Å²) >= 11 is 0. The van der Waals surface area contributed by atoms with Gasteiger partial charge in [-0.1, -0.05) is 25.0 Å². The van der Waals surface area contributed by atoms with E-state index in [9.17, 15) is 14.0 Å². The summed E-state index contributed by atoms with van der Waals surface area (Å²) in [5, 5.41) is 11.3. The van der Waals surface area contributed by atoms with E-state index >= 15 is 0 Å². The SMILES string of the molecule is CCC(CNC(=O)c1cc(C)ccc1F)CC(=O)O. The molecule has 0 aliphatic heterocycles. The Hall–Kier alpha value is -1.91. The van der Waals surface area contributed by atoms with Gasteiger partial charge in [0.25, 0.3) is 5.91 Å². The maximum absolute atomic E-state index is 13.5. The van der Waals surface area contributed by atoms with Gasteiger partial charge in [-0.15, -0.1) is 0 Å². The van der Waals surface area contributed by atoms with Gasteiger partial charge in [-0.05, 0) is 25.0 Å². The molecular weight excluding hydrogens is 249 g/mol. The minimum atomic E-state index is -0.900. The number of carbonyl (C=O) groups is 2. The lowest BCUT2D eigenvalue weighted by molar-refractivity contribution is -0.138. The standard InChI is InChI=1S/C14H18FNO3/c1-3-10(7-13(17)18)8-16-14(19)11-6-9(2)4-5-12(11)15/h4-6,10H,3,7-8H2,1-2H3,(H,16,19)(H,17,18). The van der Waals surface area contributed by atoms with Crippen molar-refractivity contribution in [1.29, 1.82) is 0 Å². The van der Waals surface area contributed by atoms with E-state index in [0.717, 1.165) is 5.56 Å². The van der Waals surface area contributed by atoms with Gasteiger partial charge in [-0.25, -0.2) is 4.39 Å². The molecule has 1 rings (SSSR count). The van der Waals surface area contributed by atoms with Crippen LogP contribution >= 0.6 is 0 Å². The smallest absolute Gasteiger partial charge is 0.303 e. The van der Waals surface area contributed by atoms with Gasteiger partial charge in [-0.2, -0.15) is 0 Å². The molecule has 0 spiro atoms. The Morgan fingerprint density at radius 3 is 2.68 bits per heavy atom. The second-order valence-electron chi connectivity index (χ2n) is 4.57. The molecule has 0 aliphatic rings. The number of aliphatic carboxylic acids is 1. The van der Waals surface area contributed by atoms with Gasteiger partial charge in [0.15, 0.2) is 0 Å². The van der Waals surface area contributed by atoms with Crippen molar-refractivity contribution in [3.05, 3.63) is 35.1 Å². The van der Waals surface area contributed by atoms with Crippen LogP contribution < -0.4 is 5.32 Å². The lowest BCUT2D eigenvalue weighted by Gasteiger charge is -2.13. The summed E-state index contributed by atoms with van der Waals surface area (Å²) in [5.74, 6) is -2.13. The predicted molar refractivity (Wildman–Crippen MR) is 69.5 cm³/mol. The lowest BCUT2D eigenvalue weighted by atomic mass is 10.0. The first-order valence-corrected chi connectivity index (χ1v) is 6.20. The molecule has 0 aliphatic carbocycles. The summed E-state index contributed by atoms with van der Waals surface area (Å²) in [5.41, 5.74) is 0.786. The van der Waals surface area contributed by atoms with Crippen molar-refractivity contribution in [2.45, 2.75) is 26.7 Å². The van der Waals surface area contributed by atoms with Gasteiger partial charge < -0.3 is 10.4 Å². The maximum atomic E-state index is 13.5. The Morgan fingerprint density at radius 1 is 1.42 bits per heavy atom. The fourth-order valence-corrected chi connectivity index (χ4v) is 1.75. The number of carboxylic acid groups (broad SMARTS) is 1. The van der Waals surface area contributed by atoms with Crippen LogP contribution in [-0.2, 0) is 4.79 Å². The quantitative estimate of drug-likeness (QED) is 0.831. The third-order valence-corrected chi connectivity index (χ3v) is 2.96. The first-order chi connectivity index (χ1) is 8.93. The van der Waals surface area contributed by atoms with E-state index in [0.29, 0.717) is 6.42 Å². The minimum absolute atomic E-state index is 0.00687. The molecule has 0 radical (unpaired) electrons. The van der Waals surface area contributed by atoms with Gasteiger partial charge in [-0.3, -0.25) is 9.59 Å². The monoisotopic (exact) mass is 267 g/mol. The molecule has 0 bridgehead atoms. The summed E-state index contributed by atoms with van der Waals surface area (Å²) in [7, 11) is 0. The molecule has 1 atom stereocenters. The fourth-order valence-electron chi connectivity index (χ4n) is 1.75. The zero-order chi connectivity index (χ0) is 14.4. The third-order valence-electron chi connectivity index (χ3n) is 2.96. The normalized spacial score (nSPS) is 11.9. The molecule has 4 nitrogen and oxygen atoms in total. The van der Waals surface area contributed by atoms with Crippen molar-refractivity contribution in [3.63, 3.8) is 0 Å². The van der Waals surface area contributed by atoms with Gasteiger partial charge >= 0.3 is 5.97 Å². The average Bonchev–Trinajstić information content (AvgIpc) is 2.36. The van der Waals surface area contributed by atoms with E-state index in [1.807, 2.05) is 6.92 Å². The van der Waals surface area contributed by atoms with Gasteiger partial charge in [0.2, 0.25) is 0 Å². The number of rotatable bonds is 6.